The Bertz CT molecular complexity index is 303. The summed E-state index contributed by atoms with van der Waals surface area (Å²) in [6, 6.07) is 0. The van der Waals surface area contributed by atoms with Gasteiger partial charge >= 0.3 is 0 Å². The second-order valence-electron chi connectivity index (χ2n) is 6.04. The Labute approximate surface area is 111 Å². The van der Waals surface area contributed by atoms with E-state index in [2.05, 4.69) is 41.7 Å². The fourth-order valence-electron chi connectivity index (χ4n) is 1.32. The van der Waals surface area contributed by atoms with E-state index in [0.717, 1.165) is 0 Å². The van der Waals surface area contributed by atoms with Gasteiger partial charge in [-0.1, -0.05) is 0 Å². The molecule has 0 fully saturated rings. The maximum atomic E-state index is 11.8. The van der Waals surface area contributed by atoms with Crippen molar-refractivity contribution in [2.75, 3.05) is 20.1 Å². The molecule has 0 heterocycles. The van der Waals surface area contributed by atoms with Gasteiger partial charge < -0.3 is 16.0 Å². The van der Waals surface area contributed by atoms with Crippen LogP contribution in [0.15, 0.2) is 4.99 Å². The molecule has 0 aromatic heterocycles. The number of hydrogen-bond donors (Lipinski definition) is 3. The fraction of sp³-hybridized carbons (Fsp3) is 0.846. The molecule has 0 saturated carbocycles. The summed E-state index contributed by atoms with van der Waals surface area (Å²) in [5.74, 6) is 0.753. The normalized spacial score (nSPS) is 13.2. The number of hydrogen-bond acceptors (Lipinski definition) is 2. The highest BCUT2D eigenvalue weighted by Crippen LogP contribution is 2.13. The molecule has 3 N–H and O–H groups in total. The SMILES string of the molecule is CCNC(=O)C(C)(C)CNC(=NC)NC(C)(C)C. The van der Waals surface area contributed by atoms with Gasteiger partial charge in [-0.3, -0.25) is 9.79 Å². The van der Waals surface area contributed by atoms with Gasteiger partial charge in [0.15, 0.2) is 5.96 Å². The van der Waals surface area contributed by atoms with E-state index in [4.69, 9.17) is 0 Å². The van der Waals surface area contributed by atoms with Crippen molar-refractivity contribution in [3.05, 3.63) is 0 Å². The molecular formula is C13H28N4O. The zero-order chi connectivity index (χ0) is 14.4. The Morgan fingerprint density at radius 2 is 1.67 bits per heavy atom. The predicted octanol–water partition coefficient (Wildman–Crippen LogP) is 1.11. The first-order valence-electron chi connectivity index (χ1n) is 6.39. The Morgan fingerprint density at radius 1 is 1.11 bits per heavy atom. The molecule has 5 nitrogen and oxygen atoms in total. The number of carbonyl (C=O) groups is 1. The van der Waals surface area contributed by atoms with Gasteiger partial charge in [-0.05, 0) is 41.5 Å². The minimum Gasteiger partial charge on any atom is -0.356 e. The van der Waals surface area contributed by atoms with Crippen molar-refractivity contribution < 1.29 is 4.79 Å². The van der Waals surface area contributed by atoms with Crippen molar-refractivity contribution >= 4 is 11.9 Å². The number of carbonyl (C=O) groups excluding carboxylic acids is 1. The van der Waals surface area contributed by atoms with Crippen LogP contribution in [0.3, 0.4) is 0 Å². The van der Waals surface area contributed by atoms with E-state index < -0.39 is 5.41 Å². The molecule has 0 radical (unpaired) electrons. The molecule has 0 saturated heterocycles. The van der Waals surface area contributed by atoms with Gasteiger partial charge in [-0.25, -0.2) is 0 Å². The number of guanidine groups is 1. The molecule has 5 heteroatoms. The summed E-state index contributed by atoms with van der Waals surface area (Å²) in [5, 5.41) is 9.28. The number of nitrogens with one attached hydrogen (secondary N) is 3. The first kappa shape index (κ1) is 16.7. The molecule has 0 aliphatic carbocycles. The van der Waals surface area contributed by atoms with Crippen LogP contribution >= 0.6 is 0 Å². The van der Waals surface area contributed by atoms with Crippen LogP contribution in [0.4, 0.5) is 0 Å². The first-order valence-corrected chi connectivity index (χ1v) is 6.39. The lowest BCUT2D eigenvalue weighted by atomic mass is 9.92. The summed E-state index contributed by atoms with van der Waals surface area (Å²) >= 11 is 0. The third-order valence-electron chi connectivity index (χ3n) is 2.37. The zero-order valence-electron chi connectivity index (χ0n) is 12.8. The third-order valence-corrected chi connectivity index (χ3v) is 2.37. The highest BCUT2D eigenvalue weighted by atomic mass is 16.2. The summed E-state index contributed by atoms with van der Waals surface area (Å²) < 4.78 is 0. The van der Waals surface area contributed by atoms with Crippen molar-refractivity contribution in [3.8, 4) is 0 Å². The number of amides is 1. The topological polar surface area (TPSA) is 65.5 Å². The summed E-state index contributed by atoms with van der Waals surface area (Å²) in [6.45, 7) is 13.1. The average Bonchev–Trinajstić information content (AvgIpc) is 2.23. The van der Waals surface area contributed by atoms with Crippen molar-refractivity contribution in [1.82, 2.24) is 16.0 Å². The van der Waals surface area contributed by atoms with Crippen LogP contribution in [0.2, 0.25) is 0 Å². The van der Waals surface area contributed by atoms with Crippen LogP contribution in [0.1, 0.15) is 41.5 Å². The van der Waals surface area contributed by atoms with Gasteiger partial charge in [0.1, 0.15) is 0 Å². The molecule has 106 valence electrons. The van der Waals surface area contributed by atoms with E-state index in [1.165, 1.54) is 0 Å². The predicted molar refractivity (Wildman–Crippen MR) is 76.7 cm³/mol. The van der Waals surface area contributed by atoms with Gasteiger partial charge in [-0.15, -0.1) is 0 Å². The van der Waals surface area contributed by atoms with Crippen molar-refractivity contribution in [2.45, 2.75) is 47.1 Å². The molecule has 0 unspecified atom stereocenters. The molecule has 0 atom stereocenters. The summed E-state index contributed by atoms with van der Waals surface area (Å²) in [4.78, 5) is 16.0. The Balaban J connectivity index is 4.41. The minimum atomic E-state index is -0.467. The first-order chi connectivity index (χ1) is 8.12. The quantitative estimate of drug-likeness (QED) is 0.521. The maximum absolute atomic E-state index is 11.8. The van der Waals surface area contributed by atoms with Crippen molar-refractivity contribution in [2.24, 2.45) is 10.4 Å². The molecular weight excluding hydrogens is 228 g/mol. The molecule has 0 bridgehead atoms. The van der Waals surface area contributed by atoms with E-state index in [1.807, 2.05) is 20.8 Å². The van der Waals surface area contributed by atoms with Gasteiger partial charge in [0.05, 0.1) is 5.41 Å². The second kappa shape index (κ2) is 6.61. The average molecular weight is 256 g/mol. The van der Waals surface area contributed by atoms with Crippen LogP contribution in [-0.2, 0) is 4.79 Å². The van der Waals surface area contributed by atoms with E-state index in [0.29, 0.717) is 19.0 Å². The van der Waals surface area contributed by atoms with Crippen molar-refractivity contribution in [1.29, 1.82) is 0 Å². The van der Waals surface area contributed by atoms with Crippen LogP contribution in [0.5, 0.6) is 0 Å². The molecule has 0 rings (SSSR count). The fourth-order valence-corrected chi connectivity index (χ4v) is 1.32. The molecule has 0 aromatic rings. The van der Waals surface area contributed by atoms with E-state index in [9.17, 15) is 4.79 Å². The monoisotopic (exact) mass is 256 g/mol. The smallest absolute Gasteiger partial charge is 0.227 e. The standard InChI is InChI=1S/C13H28N4O/c1-8-15-10(18)13(5,6)9-16-11(14-7)17-12(2,3)4/h8-9H2,1-7H3,(H,15,18)(H2,14,16,17). The summed E-state index contributed by atoms with van der Waals surface area (Å²) in [6.07, 6.45) is 0. The zero-order valence-corrected chi connectivity index (χ0v) is 12.8. The third kappa shape index (κ3) is 6.47. The van der Waals surface area contributed by atoms with Gasteiger partial charge in [-0.2, -0.15) is 0 Å². The lowest BCUT2D eigenvalue weighted by Gasteiger charge is -2.28. The highest BCUT2D eigenvalue weighted by molar-refractivity contribution is 5.84. The summed E-state index contributed by atoms with van der Waals surface area (Å²) in [7, 11) is 1.72. The molecule has 18 heavy (non-hydrogen) atoms. The van der Waals surface area contributed by atoms with Crippen LogP contribution in [0.25, 0.3) is 0 Å². The van der Waals surface area contributed by atoms with E-state index in [1.54, 1.807) is 7.05 Å². The number of nitrogens with zero attached hydrogens (tertiary/aromatic N) is 1. The number of rotatable bonds is 4. The lowest BCUT2D eigenvalue weighted by molar-refractivity contribution is -0.128. The van der Waals surface area contributed by atoms with Gasteiger partial charge in [0.25, 0.3) is 0 Å². The van der Waals surface area contributed by atoms with Crippen LogP contribution < -0.4 is 16.0 Å². The highest BCUT2D eigenvalue weighted by Gasteiger charge is 2.27. The molecule has 1 amide bonds. The Hall–Kier alpha value is -1.26. The Kier molecular flexibility index (Phi) is 6.15. The van der Waals surface area contributed by atoms with Gasteiger partial charge in [0, 0.05) is 25.7 Å². The number of aliphatic imine (C=N–C) groups is 1. The van der Waals surface area contributed by atoms with Crippen LogP contribution in [-0.4, -0.2) is 37.5 Å². The van der Waals surface area contributed by atoms with Gasteiger partial charge in [0.2, 0.25) is 5.91 Å². The van der Waals surface area contributed by atoms with E-state index >= 15 is 0 Å². The molecule has 0 spiro atoms. The second-order valence-corrected chi connectivity index (χ2v) is 6.04. The lowest BCUT2D eigenvalue weighted by Crippen LogP contribution is -2.51. The van der Waals surface area contributed by atoms with Crippen LogP contribution in [0, 0.1) is 5.41 Å². The minimum absolute atomic E-state index is 0.0451. The summed E-state index contributed by atoms with van der Waals surface area (Å²) in [5.41, 5.74) is -0.525. The molecule has 0 aromatic carbocycles. The molecule has 0 aliphatic rings. The Morgan fingerprint density at radius 3 is 2.06 bits per heavy atom. The largest absolute Gasteiger partial charge is 0.356 e. The molecule has 0 aliphatic heterocycles. The van der Waals surface area contributed by atoms with Crippen molar-refractivity contribution in [3.63, 3.8) is 0 Å². The maximum Gasteiger partial charge on any atom is 0.227 e. The van der Waals surface area contributed by atoms with E-state index in [-0.39, 0.29) is 11.4 Å².